The van der Waals surface area contributed by atoms with Crippen molar-refractivity contribution in [2.45, 2.75) is 11.3 Å². The number of imide groups is 1. The molecule has 3 aromatic rings. The van der Waals surface area contributed by atoms with Crippen LogP contribution in [0.2, 0.25) is 5.02 Å². The Kier molecular flexibility index (Phi) is 6.02. The Hall–Kier alpha value is -2.89. The lowest BCUT2D eigenvalue weighted by Gasteiger charge is -2.15. The van der Waals surface area contributed by atoms with Crippen LogP contribution in [0.15, 0.2) is 88.7 Å². The molecule has 30 heavy (non-hydrogen) atoms. The average molecular weight is 438 g/mol. The largest absolute Gasteiger partial charge is 0.274 e. The van der Waals surface area contributed by atoms with Gasteiger partial charge in [-0.3, -0.25) is 14.5 Å². The predicted octanol–water partition coefficient (Wildman–Crippen LogP) is 5.59. The molecule has 6 heteroatoms. The highest BCUT2D eigenvalue weighted by Crippen LogP contribution is 2.39. The number of hydrogen-bond acceptors (Lipinski definition) is 3. The lowest BCUT2D eigenvalue weighted by molar-refractivity contribution is -0.136. The van der Waals surface area contributed by atoms with Crippen LogP contribution in [-0.4, -0.2) is 23.3 Å². The minimum Gasteiger partial charge on any atom is -0.274 e. The zero-order valence-electron chi connectivity index (χ0n) is 15.8. The third-order valence-corrected chi connectivity index (χ3v) is 6.10. The van der Waals surface area contributed by atoms with E-state index in [1.165, 1.54) is 28.8 Å². The second kappa shape index (κ2) is 8.86. The number of amides is 2. The fraction of sp³-hybridized carbons (Fsp3) is 0.0833. The number of hydrogen-bond donors (Lipinski definition) is 0. The molecule has 150 valence electrons. The fourth-order valence-electron chi connectivity index (χ4n) is 3.22. The van der Waals surface area contributed by atoms with Crippen LogP contribution in [0.4, 0.5) is 4.39 Å². The number of carbonyl (C=O) groups is 2. The van der Waals surface area contributed by atoms with Gasteiger partial charge >= 0.3 is 0 Å². The lowest BCUT2D eigenvalue weighted by atomic mass is 10.1. The van der Waals surface area contributed by atoms with Gasteiger partial charge in [-0.2, -0.15) is 0 Å². The number of benzene rings is 3. The van der Waals surface area contributed by atoms with E-state index in [1.807, 2.05) is 42.5 Å². The molecule has 0 N–H and O–H groups in total. The van der Waals surface area contributed by atoms with Crippen LogP contribution in [-0.2, 0) is 16.0 Å². The van der Waals surface area contributed by atoms with E-state index in [-0.39, 0.29) is 24.2 Å². The normalized spacial score (nSPS) is 14.0. The van der Waals surface area contributed by atoms with E-state index in [2.05, 4.69) is 0 Å². The molecule has 0 saturated heterocycles. The Morgan fingerprint density at radius 1 is 0.833 bits per heavy atom. The number of halogens is 2. The van der Waals surface area contributed by atoms with Gasteiger partial charge in [0.2, 0.25) is 0 Å². The molecule has 1 heterocycles. The first-order valence-corrected chi connectivity index (χ1v) is 10.6. The van der Waals surface area contributed by atoms with Crippen molar-refractivity contribution in [3.8, 4) is 0 Å². The first-order chi connectivity index (χ1) is 14.5. The second-order valence-electron chi connectivity index (χ2n) is 6.76. The molecule has 0 aliphatic carbocycles. The average Bonchev–Trinajstić information content (AvgIpc) is 2.99. The summed E-state index contributed by atoms with van der Waals surface area (Å²) in [5, 5.41) is 0.603. The van der Waals surface area contributed by atoms with Crippen LogP contribution in [0.1, 0.15) is 11.1 Å². The van der Waals surface area contributed by atoms with Gasteiger partial charge in [-0.25, -0.2) is 4.39 Å². The topological polar surface area (TPSA) is 37.4 Å². The molecule has 0 aromatic heterocycles. The van der Waals surface area contributed by atoms with Crippen molar-refractivity contribution in [1.29, 1.82) is 0 Å². The van der Waals surface area contributed by atoms with Gasteiger partial charge in [-0.1, -0.05) is 65.8 Å². The molecular formula is C24H17ClFNO2S. The lowest BCUT2D eigenvalue weighted by Crippen LogP contribution is -2.33. The maximum atomic E-state index is 13.2. The summed E-state index contributed by atoms with van der Waals surface area (Å²) in [5.74, 6) is -0.951. The standard InChI is InChI=1S/C24H17ClFNO2S/c25-18-8-12-20(13-9-18)30-22-21(17-4-2-1-3-5-17)23(28)27(24(22)29)15-14-16-6-10-19(26)11-7-16/h1-13H,14-15H2. The first-order valence-electron chi connectivity index (χ1n) is 9.36. The number of carbonyl (C=O) groups excluding carboxylic acids is 2. The summed E-state index contributed by atoms with van der Waals surface area (Å²) >= 11 is 7.22. The van der Waals surface area contributed by atoms with Crippen molar-refractivity contribution in [2.75, 3.05) is 6.54 Å². The van der Waals surface area contributed by atoms with Gasteiger partial charge < -0.3 is 0 Å². The maximum Gasteiger partial charge on any atom is 0.268 e. The van der Waals surface area contributed by atoms with Gasteiger partial charge in [0.15, 0.2) is 0 Å². The summed E-state index contributed by atoms with van der Waals surface area (Å²) in [4.78, 5) is 28.9. The van der Waals surface area contributed by atoms with Gasteiger partial charge in [-0.05, 0) is 53.9 Å². The Bertz CT molecular complexity index is 1110. The van der Waals surface area contributed by atoms with Gasteiger partial charge in [0.25, 0.3) is 11.8 Å². The minimum atomic E-state index is -0.319. The second-order valence-corrected chi connectivity index (χ2v) is 8.28. The third kappa shape index (κ3) is 4.32. The Labute approximate surface area is 183 Å². The number of rotatable bonds is 6. The quantitative estimate of drug-likeness (QED) is 0.471. The molecule has 1 aliphatic heterocycles. The Morgan fingerprint density at radius 3 is 2.17 bits per heavy atom. The monoisotopic (exact) mass is 437 g/mol. The summed E-state index contributed by atoms with van der Waals surface area (Å²) in [6.45, 7) is 0.226. The highest BCUT2D eigenvalue weighted by Gasteiger charge is 2.39. The van der Waals surface area contributed by atoms with Crippen molar-refractivity contribution in [1.82, 2.24) is 4.90 Å². The molecule has 0 atom stereocenters. The van der Waals surface area contributed by atoms with Crippen molar-refractivity contribution >= 4 is 40.8 Å². The van der Waals surface area contributed by atoms with Crippen molar-refractivity contribution < 1.29 is 14.0 Å². The maximum absolute atomic E-state index is 13.2. The number of nitrogens with zero attached hydrogens (tertiary/aromatic N) is 1. The number of thioether (sulfide) groups is 1. The zero-order chi connectivity index (χ0) is 21.1. The Balaban J connectivity index is 1.63. The summed E-state index contributed by atoms with van der Waals surface area (Å²) in [7, 11) is 0. The summed E-state index contributed by atoms with van der Waals surface area (Å²) in [6.07, 6.45) is 0.457. The molecule has 0 bridgehead atoms. The molecule has 1 aliphatic rings. The van der Waals surface area contributed by atoms with E-state index in [0.29, 0.717) is 27.5 Å². The van der Waals surface area contributed by atoms with E-state index in [9.17, 15) is 14.0 Å². The molecule has 0 radical (unpaired) electrons. The molecule has 2 amide bonds. The molecule has 0 saturated carbocycles. The van der Waals surface area contributed by atoms with E-state index in [4.69, 9.17) is 11.6 Å². The highest BCUT2D eigenvalue weighted by atomic mass is 35.5. The fourth-order valence-corrected chi connectivity index (χ4v) is 4.36. The van der Waals surface area contributed by atoms with Gasteiger partial charge in [0, 0.05) is 16.5 Å². The molecule has 4 rings (SSSR count). The predicted molar refractivity (Wildman–Crippen MR) is 117 cm³/mol. The van der Waals surface area contributed by atoms with Gasteiger partial charge in [0.05, 0.1) is 10.5 Å². The molecule has 0 fully saturated rings. The van der Waals surface area contributed by atoms with Crippen LogP contribution < -0.4 is 0 Å². The van der Waals surface area contributed by atoms with E-state index < -0.39 is 0 Å². The molecule has 0 unspecified atom stereocenters. The van der Waals surface area contributed by atoms with Gasteiger partial charge in [0.1, 0.15) is 5.82 Å². The van der Waals surface area contributed by atoms with E-state index >= 15 is 0 Å². The van der Waals surface area contributed by atoms with Crippen LogP contribution in [0.5, 0.6) is 0 Å². The van der Waals surface area contributed by atoms with Crippen molar-refractivity contribution in [3.05, 3.63) is 106 Å². The molecular weight excluding hydrogens is 421 g/mol. The zero-order valence-corrected chi connectivity index (χ0v) is 17.4. The third-order valence-electron chi connectivity index (χ3n) is 4.76. The highest BCUT2D eigenvalue weighted by molar-refractivity contribution is 8.04. The molecule has 0 spiro atoms. The summed E-state index contributed by atoms with van der Waals surface area (Å²) in [5.41, 5.74) is 1.97. The summed E-state index contributed by atoms with van der Waals surface area (Å²) < 4.78 is 13.1. The van der Waals surface area contributed by atoms with Crippen LogP contribution in [0.25, 0.3) is 5.57 Å². The van der Waals surface area contributed by atoms with Crippen molar-refractivity contribution in [3.63, 3.8) is 0 Å². The first kappa shape index (κ1) is 20.4. The molecule has 3 aromatic carbocycles. The SMILES string of the molecule is O=C1C(Sc2ccc(Cl)cc2)=C(c2ccccc2)C(=O)N1CCc1ccc(F)cc1. The van der Waals surface area contributed by atoms with E-state index in [1.54, 1.807) is 24.3 Å². The van der Waals surface area contributed by atoms with Crippen LogP contribution >= 0.6 is 23.4 Å². The molecule has 3 nitrogen and oxygen atoms in total. The summed E-state index contributed by atoms with van der Waals surface area (Å²) in [6, 6.07) is 22.4. The van der Waals surface area contributed by atoms with Crippen LogP contribution in [0.3, 0.4) is 0 Å². The smallest absolute Gasteiger partial charge is 0.268 e. The van der Waals surface area contributed by atoms with E-state index in [0.717, 1.165) is 10.5 Å². The van der Waals surface area contributed by atoms with Crippen molar-refractivity contribution in [2.24, 2.45) is 0 Å². The minimum absolute atomic E-state index is 0.226. The van der Waals surface area contributed by atoms with Crippen LogP contribution in [0, 0.1) is 5.82 Å². The van der Waals surface area contributed by atoms with Gasteiger partial charge in [-0.15, -0.1) is 0 Å². The Morgan fingerprint density at radius 2 is 1.50 bits per heavy atom.